The number of anilines is 1. The highest BCUT2D eigenvalue weighted by Gasteiger charge is 2.28. The third-order valence-corrected chi connectivity index (χ3v) is 2.66. The van der Waals surface area contributed by atoms with Crippen molar-refractivity contribution in [3.8, 4) is 0 Å². The van der Waals surface area contributed by atoms with Crippen molar-refractivity contribution in [2.45, 2.75) is 25.4 Å². The van der Waals surface area contributed by atoms with E-state index in [4.69, 9.17) is 10.8 Å². The molecule has 1 fully saturated rings. The number of aliphatic hydroxyl groups is 1. The van der Waals surface area contributed by atoms with Gasteiger partial charge in [0.05, 0.1) is 12.3 Å². The number of nitrogens with zero attached hydrogens (tertiary/aromatic N) is 2. The van der Waals surface area contributed by atoms with Crippen molar-refractivity contribution in [2.24, 2.45) is 0 Å². The molecular formula is C11H17N3O. The standard InChI is InChI=1S/C11H17N3O/c12-9-3-4-13-10(7-9)8-14(5-6-15)11-1-2-11/h3-4,7,11,15H,1-2,5-6,8H2,(H2,12,13). The van der Waals surface area contributed by atoms with Crippen molar-refractivity contribution in [1.82, 2.24) is 9.88 Å². The number of pyridine rings is 1. The molecule has 4 heteroatoms. The van der Waals surface area contributed by atoms with Gasteiger partial charge in [0.25, 0.3) is 0 Å². The fourth-order valence-electron chi connectivity index (χ4n) is 1.75. The first-order chi connectivity index (χ1) is 7.29. The molecule has 15 heavy (non-hydrogen) atoms. The molecule has 0 spiro atoms. The number of nitrogens with two attached hydrogens (primary N) is 1. The molecule has 4 nitrogen and oxygen atoms in total. The van der Waals surface area contributed by atoms with Gasteiger partial charge in [0.2, 0.25) is 0 Å². The highest BCUT2D eigenvalue weighted by atomic mass is 16.3. The van der Waals surface area contributed by atoms with E-state index >= 15 is 0 Å². The van der Waals surface area contributed by atoms with Gasteiger partial charge in [-0.2, -0.15) is 0 Å². The lowest BCUT2D eigenvalue weighted by Crippen LogP contribution is -2.29. The smallest absolute Gasteiger partial charge is 0.0564 e. The van der Waals surface area contributed by atoms with Gasteiger partial charge in [0.15, 0.2) is 0 Å². The summed E-state index contributed by atoms with van der Waals surface area (Å²) in [5.41, 5.74) is 7.42. The number of aromatic nitrogens is 1. The van der Waals surface area contributed by atoms with E-state index in [1.54, 1.807) is 12.3 Å². The molecule has 0 saturated heterocycles. The quantitative estimate of drug-likeness (QED) is 0.743. The molecule has 0 aromatic carbocycles. The van der Waals surface area contributed by atoms with Crippen LogP contribution in [-0.2, 0) is 6.54 Å². The third kappa shape index (κ3) is 2.91. The van der Waals surface area contributed by atoms with Crippen molar-refractivity contribution in [1.29, 1.82) is 0 Å². The molecule has 0 aliphatic heterocycles. The summed E-state index contributed by atoms with van der Waals surface area (Å²) in [6.45, 7) is 1.72. The number of aliphatic hydroxyl groups excluding tert-OH is 1. The maximum Gasteiger partial charge on any atom is 0.0564 e. The second kappa shape index (κ2) is 4.59. The Labute approximate surface area is 89.7 Å². The molecule has 0 atom stereocenters. The molecule has 1 aromatic heterocycles. The second-order valence-corrected chi connectivity index (χ2v) is 4.01. The monoisotopic (exact) mass is 207 g/mol. The molecule has 1 aliphatic carbocycles. The molecule has 0 amide bonds. The third-order valence-electron chi connectivity index (χ3n) is 2.66. The Morgan fingerprint density at radius 1 is 1.53 bits per heavy atom. The second-order valence-electron chi connectivity index (χ2n) is 4.01. The number of rotatable bonds is 5. The fourth-order valence-corrected chi connectivity index (χ4v) is 1.75. The van der Waals surface area contributed by atoms with E-state index in [0.717, 1.165) is 24.5 Å². The summed E-state index contributed by atoms with van der Waals surface area (Å²) in [6, 6.07) is 4.32. The van der Waals surface area contributed by atoms with Gasteiger partial charge in [0.1, 0.15) is 0 Å². The summed E-state index contributed by atoms with van der Waals surface area (Å²) in [5, 5.41) is 8.96. The van der Waals surface area contributed by atoms with E-state index in [2.05, 4.69) is 9.88 Å². The lowest BCUT2D eigenvalue weighted by Gasteiger charge is -2.20. The summed E-state index contributed by atoms with van der Waals surface area (Å²) in [5.74, 6) is 0. The zero-order valence-corrected chi connectivity index (χ0v) is 8.76. The summed E-state index contributed by atoms with van der Waals surface area (Å²) >= 11 is 0. The van der Waals surface area contributed by atoms with Crippen LogP contribution in [0.2, 0.25) is 0 Å². The Hall–Kier alpha value is -1.13. The van der Waals surface area contributed by atoms with Crippen molar-refractivity contribution in [3.05, 3.63) is 24.0 Å². The van der Waals surface area contributed by atoms with Crippen LogP contribution in [-0.4, -0.2) is 34.2 Å². The van der Waals surface area contributed by atoms with E-state index in [-0.39, 0.29) is 6.61 Å². The lowest BCUT2D eigenvalue weighted by molar-refractivity contribution is 0.182. The highest BCUT2D eigenvalue weighted by Crippen LogP contribution is 2.27. The molecule has 1 aliphatic rings. The average Bonchev–Trinajstić information content (AvgIpc) is 3.00. The van der Waals surface area contributed by atoms with Gasteiger partial charge >= 0.3 is 0 Å². The van der Waals surface area contributed by atoms with Gasteiger partial charge in [0, 0.05) is 31.0 Å². The van der Waals surface area contributed by atoms with E-state index in [1.165, 1.54) is 12.8 Å². The Kier molecular flexibility index (Phi) is 3.18. The van der Waals surface area contributed by atoms with Crippen LogP contribution in [0.3, 0.4) is 0 Å². The molecular weight excluding hydrogens is 190 g/mol. The Balaban J connectivity index is 1.98. The van der Waals surface area contributed by atoms with Crippen LogP contribution in [0.25, 0.3) is 0 Å². The summed E-state index contributed by atoms with van der Waals surface area (Å²) in [6.07, 6.45) is 4.21. The zero-order valence-electron chi connectivity index (χ0n) is 8.76. The van der Waals surface area contributed by atoms with Gasteiger partial charge in [-0.25, -0.2) is 0 Å². The van der Waals surface area contributed by atoms with Crippen molar-refractivity contribution in [2.75, 3.05) is 18.9 Å². The van der Waals surface area contributed by atoms with Crippen molar-refractivity contribution < 1.29 is 5.11 Å². The van der Waals surface area contributed by atoms with E-state index in [1.807, 2.05) is 6.07 Å². The molecule has 0 bridgehead atoms. The minimum Gasteiger partial charge on any atom is -0.399 e. The number of nitrogen functional groups attached to an aromatic ring is 1. The first-order valence-electron chi connectivity index (χ1n) is 5.35. The molecule has 1 heterocycles. The van der Waals surface area contributed by atoms with Crippen LogP contribution in [0.4, 0.5) is 5.69 Å². The average molecular weight is 207 g/mol. The predicted molar refractivity (Wildman–Crippen MR) is 59.2 cm³/mol. The number of hydrogen-bond acceptors (Lipinski definition) is 4. The summed E-state index contributed by atoms with van der Waals surface area (Å²) in [4.78, 5) is 6.53. The Morgan fingerprint density at radius 3 is 2.93 bits per heavy atom. The van der Waals surface area contributed by atoms with E-state index in [0.29, 0.717) is 6.04 Å². The predicted octanol–water partition coefficient (Wildman–Crippen LogP) is 0.620. The van der Waals surface area contributed by atoms with Crippen LogP contribution >= 0.6 is 0 Å². The molecule has 2 rings (SSSR count). The summed E-state index contributed by atoms with van der Waals surface area (Å²) < 4.78 is 0. The van der Waals surface area contributed by atoms with E-state index in [9.17, 15) is 0 Å². The fraction of sp³-hybridized carbons (Fsp3) is 0.545. The van der Waals surface area contributed by atoms with Gasteiger partial charge in [-0.15, -0.1) is 0 Å². The summed E-state index contributed by atoms with van der Waals surface area (Å²) in [7, 11) is 0. The van der Waals surface area contributed by atoms with Crippen LogP contribution in [0, 0.1) is 0 Å². The molecule has 1 aromatic rings. The van der Waals surface area contributed by atoms with Crippen molar-refractivity contribution in [3.63, 3.8) is 0 Å². The van der Waals surface area contributed by atoms with Crippen LogP contribution < -0.4 is 5.73 Å². The first kappa shape index (κ1) is 10.4. The maximum absolute atomic E-state index is 8.96. The van der Waals surface area contributed by atoms with Crippen LogP contribution in [0.5, 0.6) is 0 Å². The molecule has 0 radical (unpaired) electrons. The molecule has 1 saturated carbocycles. The Bertz CT molecular complexity index is 325. The SMILES string of the molecule is Nc1ccnc(CN(CCO)C2CC2)c1. The highest BCUT2D eigenvalue weighted by molar-refractivity contribution is 5.37. The minimum atomic E-state index is 0.207. The molecule has 82 valence electrons. The minimum absolute atomic E-state index is 0.207. The lowest BCUT2D eigenvalue weighted by atomic mass is 10.3. The maximum atomic E-state index is 8.96. The van der Waals surface area contributed by atoms with Crippen molar-refractivity contribution >= 4 is 5.69 Å². The molecule has 3 N–H and O–H groups in total. The topological polar surface area (TPSA) is 62.4 Å². The molecule has 0 unspecified atom stereocenters. The Morgan fingerprint density at radius 2 is 2.33 bits per heavy atom. The first-order valence-corrected chi connectivity index (χ1v) is 5.35. The van der Waals surface area contributed by atoms with Crippen LogP contribution in [0.15, 0.2) is 18.3 Å². The zero-order chi connectivity index (χ0) is 10.7. The van der Waals surface area contributed by atoms with Gasteiger partial charge < -0.3 is 10.8 Å². The normalized spacial score (nSPS) is 15.9. The van der Waals surface area contributed by atoms with Gasteiger partial charge in [-0.05, 0) is 25.0 Å². The van der Waals surface area contributed by atoms with Gasteiger partial charge in [-0.1, -0.05) is 0 Å². The van der Waals surface area contributed by atoms with Gasteiger partial charge in [-0.3, -0.25) is 9.88 Å². The van der Waals surface area contributed by atoms with E-state index < -0.39 is 0 Å². The van der Waals surface area contributed by atoms with Crippen LogP contribution in [0.1, 0.15) is 18.5 Å². The number of hydrogen-bond donors (Lipinski definition) is 2. The largest absolute Gasteiger partial charge is 0.399 e.